The van der Waals surface area contributed by atoms with Gasteiger partial charge in [-0.1, -0.05) is 48.0 Å². The fourth-order valence-corrected chi connectivity index (χ4v) is 5.13. The number of thiophene rings is 1. The van der Waals surface area contributed by atoms with Crippen molar-refractivity contribution >= 4 is 65.0 Å². The van der Waals surface area contributed by atoms with Gasteiger partial charge in [-0.15, -0.1) is 11.3 Å². The van der Waals surface area contributed by atoms with Gasteiger partial charge in [-0.3, -0.25) is 0 Å². The van der Waals surface area contributed by atoms with Gasteiger partial charge in [-0.25, -0.2) is 4.98 Å². The van der Waals surface area contributed by atoms with Crippen molar-refractivity contribution in [2.75, 3.05) is 0 Å². The molecule has 6 aromatic rings. The summed E-state index contributed by atoms with van der Waals surface area (Å²) in [6, 6.07) is 24.6. The lowest BCUT2D eigenvalue weighted by Gasteiger charge is -2.01. The Balaban J connectivity index is 1.79. The second-order valence-corrected chi connectivity index (χ2v) is 8.10. The molecule has 4 aromatic carbocycles. The standard InChI is InChI=1S/C23H12ClNOS/c24-15-8-9-16-19(12-15)27-18-11-7-13-6-10-17-22(20(13)21(16)18)26-23(25-17)14-4-2-1-3-5-14/h1-12H. The summed E-state index contributed by atoms with van der Waals surface area (Å²) in [6.45, 7) is 0. The molecule has 0 amide bonds. The minimum atomic E-state index is 0.651. The van der Waals surface area contributed by atoms with Crippen LogP contribution in [0, 0.1) is 0 Å². The third kappa shape index (κ3) is 2.22. The topological polar surface area (TPSA) is 26.0 Å². The van der Waals surface area contributed by atoms with Crippen LogP contribution in [0.4, 0.5) is 0 Å². The first-order chi connectivity index (χ1) is 13.3. The van der Waals surface area contributed by atoms with Crippen molar-refractivity contribution in [2.24, 2.45) is 0 Å². The van der Waals surface area contributed by atoms with Crippen LogP contribution >= 0.6 is 22.9 Å². The Bertz CT molecular complexity index is 1480. The van der Waals surface area contributed by atoms with Crippen molar-refractivity contribution in [3.63, 3.8) is 0 Å². The number of rotatable bonds is 1. The minimum Gasteiger partial charge on any atom is -0.435 e. The molecule has 0 spiro atoms. The van der Waals surface area contributed by atoms with Crippen LogP contribution in [0.3, 0.4) is 0 Å². The van der Waals surface area contributed by atoms with E-state index in [1.807, 2.05) is 48.5 Å². The normalized spacial score (nSPS) is 11.9. The second kappa shape index (κ2) is 5.56. The molecule has 0 bridgehead atoms. The Morgan fingerprint density at radius 3 is 2.56 bits per heavy atom. The van der Waals surface area contributed by atoms with E-state index in [4.69, 9.17) is 21.0 Å². The van der Waals surface area contributed by atoms with E-state index >= 15 is 0 Å². The largest absolute Gasteiger partial charge is 0.435 e. The molecular weight excluding hydrogens is 374 g/mol. The van der Waals surface area contributed by atoms with E-state index < -0.39 is 0 Å². The molecule has 0 radical (unpaired) electrons. The van der Waals surface area contributed by atoms with Crippen LogP contribution in [0.15, 0.2) is 77.2 Å². The van der Waals surface area contributed by atoms with Gasteiger partial charge in [0, 0.05) is 36.1 Å². The zero-order valence-corrected chi connectivity index (χ0v) is 15.6. The molecule has 0 aliphatic carbocycles. The zero-order valence-electron chi connectivity index (χ0n) is 14.1. The van der Waals surface area contributed by atoms with Crippen LogP contribution in [-0.4, -0.2) is 4.98 Å². The first-order valence-corrected chi connectivity index (χ1v) is 9.87. The van der Waals surface area contributed by atoms with Gasteiger partial charge in [-0.2, -0.15) is 0 Å². The monoisotopic (exact) mass is 385 g/mol. The van der Waals surface area contributed by atoms with Crippen LogP contribution in [-0.2, 0) is 0 Å². The number of oxazole rings is 1. The summed E-state index contributed by atoms with van der Waals surface area (Å²) in [5.74, 6) is 0.651. The lowest BCUT2D eigenvalue weighted by Crippen LogP contribution is -1.77. The molecule has 0 saturated heterocycles. The molecule has 128 valence electrons. The molecule has 4 heteroatoms. The van der Waals surface area contributed by atoms with Crippen LogP contribution in [0.25, 0.3) is 53.5 Å². The third-order valence-corrected chi connectivity index (χ3v) is 6.31. The summed E-state index contributed by atoms with van der Waals surface area (Å²) in [5.41, 5.74) is 2.70. The smallest absolute Gasteiger partial charge is 0.227 e. The molecule has 0 N–H and O–H groups in total. The van der Waals surface area contributed by atoms with Gasteiger partial charge in [0.1, 0.15) is 5.52 Å². The maximum absolute atomic E-state index is 6.28. The Hall–Kier alpha value is -2.88. The highest BCUT2D eigenvalue weighted by Gasteiger charge is 2.16. The van der Waals surface area contributed by atoms with Crippen molar-refractivity contribution in [1.29, 1.82) is 0 Å². The fourth-order valence-electron chi connectivity index (χ4n) is 3.74. The number of hydrogen-bond donors (Lipinski definition) is 0. The van der Waals surface area contributed by atoms with E-state index in [1.165, 1.54) is 20.2 Å². The number of nitrogens with zero attached hydrogens (tertiary/aromatic N) is 1. The molecule has 0 saturated carbocycles. The number of benzene rings is 4. The van der Waals surface area contributed by atoms with Crippen molar-refractivity contribution in [3.05, 3.63) is 77.8 Å². The molecule has 2 nitrogen and oxygen atoms in total. The summed E-state index contributed by atoms with van der Waals surface area (Å²) >= 11 is 7.96. The number of halogens is 1. The van der Waals surface area contributed by atoms with E-state index in [0.29, 0.717) is 5.89 Å². The van der Waals surface area contributed by atoms with Crippen LogP contribution in [0.5, 0.6) is 0 Å². The average molecular weight is 386 g/mol. The molecule has 27 heavy (non-hydrogen) atoms. The number of fused-ring (bicyclic) bond motifs is 7. The molecule has 0 aliphatic rings. The second-order valence-electron chi connectivity index (χ2n) is 6.58. The van der Waals surface area contributed by atoms with Crippen LogP contribution in [0.1, 0.15) is 0 Å². The molecular formula is C23H12ClNOS. The Morgan fingerprint density at radius 2 is 1.67 bits per heavy atom. The lowest BCUT2D eigenvalue weighted by atomic mass is 10.0. The third-order valence-electron chi connectivity index (χ3n) is 4.95. The number of hydrogen-bond acceptors (Lipinski definition) is 3. The van der Waals surface area contributed by atoms with Crippen LogP contribution < -0.4 is 0 Å². The highest BCUT2D eigenvalue weighted by atomic mass is 35.5. The molecule has 0 aliphatic heterocycles. The predicted molar refractivity (Wildman–Crippen MR) is 115 cm³/mol. The molecule has 6 rings (SSSR count). The summed E-state index contributed by atoms with van der Waals surface area (Å²) < 4.78 is 8.70. The minimum absolute atomic E-state index is 0.651. The van der Waals surface area contributed by atoms with Gasteiger partial charge in [0.15, 0.2) is 5.58 Å². The molecule has 0 unspecified atom stereocenters. The Morgan fingerprint density at radius 1 is 0.815 bits per heavy atom. The number of aromatic nitrogens is 1. The summed E-state index contributed by atoms with van der Waals surface area (Å²) in [7, 11) is 0. The van der Waals surface area contributed by atoms with Gasteiger partial charge in [0.05, 0.1) is 0 Å². The Labute approximate surface area is 163 Å². The SMILES string of the molecule is Clc1ccc2c(c1)sc1ccc3ccc4nc(-c5ccccc5)oc4c3c12. The molecule has 2 heterocycles. The molecule has 2 aromatic heterocycles. The summed E-state index contributed by atoms with van der Waals surface area (Å²) in [4.78, 5) is 4.73. The fraction of sp³-hybridized carbons (Fsp3) is 0. The quantitative estimate of drug-likeness (QED) is 0.290. The van der Waals surface area contributed by atoms with Gasteiger partial charge >= 0.3 is 0 Å². The average Bonchev–Trinajstić information content (AvgIpc) is 3.29. The summed E-state index contributed by atoms with van der Waals surface area (Å²) in [6.07, 6.45) is 0. The van der Waals surface area contributed by atoms with Crippen molar-refractivity contribution in [3.8, 4) is 11.5 Å². The highest BCUT2D eigenvalue weighted by molar-refractivity contribution is 7.26. The van der Waals surface area contributed by atoms with E-state index in [0.717, 1.165) is 32.5 Å². The van der Waals surface area contributed by atoms with E-state index in [9.17, 15) is 0 Å². The van der Waals surface area contributed by atoms with E-state index in [2.05, 4.69) is 24.3 Å². The van der Waals surface area contributed by atoms with Crippen molar-refractivity contribution < 1.29 is 4.42 Å². The maximum Gasteiger partial charge on any atom is 0.227 e. The first kappa shape index (κ1) is 15.2. The lowest BCUT2D eigenvalue weighted by molar-refractivity contribution is 0.623. The Kier molecular flexibility index (Phi) is 3.13. The molecule has 0 fully saturated rings. The van der Waals surface area contributed by atoms with Crippen LogP contribution in [0.2, 0.25) is 5.02 Å². The zero-order chi connectivity index (χ0) is 18.0. The van der Waals surface area contributed by atoms with E-state index in [1.54, 1.807) is 11.3 Å². The van der Waals surface area contributed by atoms with Gasteiger partial charge in [0.2, 0.25) is 5.89 Å². The van der Waals surface area contributed by atoms with Gasteiger partial charge < -0.3 is 4.42 Å². The predicted octanol–water partition coefficient (Wildman–Crippen LogP) is 7.67. The maximum atomic E-state index is 6.28. The van der Waals surface area contributed by atoms with Gasteiger partial charge in [-0.05, 0) is 41.8 Å². The first-order valence-electron chi connectivity index (χ1n) is 8.67. The highest BCUT2D eigenvalue weighted by Crippen LogP contribution is 2.42. The van der Waals surface area contributed by atoms with Crippen molar-refractivity contribution in [1.82, 2.24) is 4.98 Å². The van der Waals surface area contributed by atoms with Crippen molar-refractivity contribution in [2.45, 2.75) is 0 Å². The molecule has 0 atom stereocenters. The van der Waals surface area contributed by atoms with E-state index in [-0.39, 0.29) is 0 Å². The van der Waals surface area contributed by atoms with Gasteiger partial charge in [0.25, 0.3) is 0 Å². The summed E-state index contributed by atoms with van der Waals surface area (Å²) in [5, 5.41) is 5.45.